The minimum absolute atomic E-state index is 0.0412. The van der Waals surface area contributed by atoms with Crippen LogP contribution in [-0.4, -0.2) is 124 Å². The smallest absolute Gasteiger partial charge is 0.416 e. The second-order valence-electron chi connectivity index (χ2n) is 12.8. The molecule has 0 aliphatic rings. The van der Waals surface area contributed by atoms with Crippen molar-refractivity contribution in [2.75, 3.05) is 45.6 Å². The summed E-state index contributed by atoms with van der Waals surface area (Å²) in [5.74, 6) is -5.35. The zero-order chi connectivity index (χ0) is 51.9. The minimum Gasteiger partial charge on any atom is -0.481 e. The Kier molecular flexibility index (Phi) is 20.9. The van der Waals surface area contributed by atoms with Crippen LogP contribution in [0, 0.1) is 10.1 Å². The number of nitro groups is 1. The van der Waals surface area contributed by atoms with Crippen LogP contribution in [-0.2, 0) is 46.9 Å². The Labute approximate surface area is 391 Å². The SMILES string of the molecule is CCOC(=O)COC(=O)c1cc(Oc2ccc(C(F)(F)F)cc2Cl)ccc1[N+](=O)[O-].COc1cc(OC)nc(NC(=O)NS(=O)(=O)c2c(C(=O)O)c(Cl)nn2C)n1.CP(=O)(O)CCC(N)C(=O)O. The highest BCUT2D eigenvalue weighted by atomic mass is 35.5. The summed E-state index contributed by atoms with van der Waals surface area (Å²) in [6, 6.07) is 4.39. The van der Waals surface area contributed by atoms with E-state index in [-0.39, 0.29) is 53.4 Å². The standard InChI is InChI=1S/C18H13ClF3NO7.C12H13ClN6O7S.C5H12NO4P/c1-2-28-16(24)9-29-17(25)12-8-11(4-5-14(12)23(26)27)30-15-6-3-10(7-13(15)19)18(20,21)22;1-19-9(7(10(20)21)8(13)17-19)27(23,24)18-12(22)16-11-14-5(25-2)4-6(15-11)26-3;1-11(9,10)3-2-4(6)5(7)8/h3-8H,2,9H2,1H3;4H,1-3H3,(H,20,21)(H2,14,15,16,18,22);4H,2-3,6H2,1H3,(H,7,8)(H,9,10). The number of halogens is 5. The van der Waals surface area contributed by atoms with Crippen molar-refractivity contribution < 1.29 is 93.8 Å². The summed E-state index contributed by atoms with van der Waals surface area (Å²) in [5.41, 5.74) is 2.15. The van der Waals surface area contributed by atoms with Gasteiger partial charge in [0.05, 0.1) is 42.4 Å². The fourth-order valence-corrected chi connectivity index (χ4v) is 7.18. The zero-order valence-electron chi connectivity index (χ0n) is 35.5. The third-order valence-electron chi connectivity index (χ3n) is 7.64. The molecular weight excluding hydrogens is 1010 g/mol. The van der Waals surface area contributed by atoms with Crippen molar-refractivity contribution in [2.45, 2.75) is 30.6 Å². The molecule has 0 spiro atoms. The average molecular weight is 1050 g/mol. The molecule has 4 aromatic rings. The van der Waals surface area contributed by atoms with E-state index in [1.807, 2.05) is 0 Å². The van der Waals surface area contributed by atoms with Crippen molar-refractivity contribution in [1.29, 1.82) is 0 Å². The molecule has 0 fully saturated rings. The van der Waals surface area contributed by atoms with E-state index in [4.69, 9.17) is 63.0 Å². The first-order chi connectivity index (χ1) is 31.4. The number of carboxylic acids is 2. The zero-order valence-corrected chi connectivity index (χ0v) is 38.7. The van der Waals surface area contributed by atoms with Gasteiger partial charge in [-0.3, -0.25) is 29.5 Å². The molecule has 0 radical (unpaired) electrons. The monoisotopic (exact) mass is 1050 g/mol. The number of aliphatic carboxylic acids is 1. The van der Waals surface area contributed by atoms with E-state index in [9.17, 15) is 60.2 Å². The number of aryl methyl sites for hydroxylation is 1. The lowest BCUT2D eigenvalue weighted by Crippen LogP contribution is -2.36. The van der Waals surface area contributed by atoms with E-state index in [1.165, 1.54) is 33.9 Å². The predicted octanol–water partition coefficient (Wildman–Crippen LogP) is 4.56. The number of carbonyl (C=O) groups excluding carboxylic acids is 3. The molecule has 68 heavy (non-hydrogen) atoms. The third-order valence-corrected chi connectivity index (χ3v) is 10.7. The van der Waals surface area contributed by atoms with E-state index in [0.717, 1.165) is 37.4 Å². The van der Waals surface area contributed by atoms with Crippen LogP contribution in [0.15, 0.2) is 47.5 Å². The molecule has 7 N–H and O–H groups in total. The van der Waals surface area contributed by atoms with Crippen LogP contribution in [0.2, 0.25) is 10.2 Å². The van der Waals surface area contributed by atoms with Crippen LogP contribution in [0.4, 0.5) is 29.6 Å². The molecule has 2 aromatic heterocycles. The summed E-state index contributed by atoms with van der Waals surface area (Å²) in [7, 11) is -3.96. The average Bonchev–Trinajstić information content (AvgIpc) is 3.56. The number of rotatable bonds is 17. The molecule has 4 rings (SSSR count). The Hall–Kier alpha value is -6.85. The Bertz CT molecular complexity index is 2670. The summed E-state index contributed by atoms with van der Waals surface area (Å²) in [5, 5.41) is 32.4. The van der Waals surface area contributed by atoms with Gasteiger partial charge in [0.1, 0.15) is 28.7 Å². The Morgan fingerprint density at radius 1 is 1.01 bits per heavy atom. The van der Waals surface area contributed by atoms with Crippen molar-refractivity contribution in [3.8, 4) is 23.3 Å². The van der Waals surface area contributed by atoms with Crippen LogP contribution in [0.3, 0.4) is 0 Å². The number of aromatic carboxylic acids is 1. The highest BCUT2D eigenvalue weighted by molar-refractivity contribution is 7.90. The molecule has 0 bridgehead atoms. The number of nitrogens with zero attached hydrogens (tertiary/aromatic N) is 5. The number of hydrogen-bond donors (Lipinski definition) is 6. The van der Waals surface area contributed by atoms with Crippen LogP contribution < -0.4 is 30.0 Å². The second-order valence-corrected chi connectivity index (χ2v) is 17.7. The van der Waals surface area contributed by atoms with Crippen molar-refractivity contribution in [3.05, 3.63) is 79.4 Å². The Morgan fingerprint density at radius 3 is 2.10 bits per heavy atom. The molecular formula is C35H38Cl2F3N8O18PS. The number of alkyl halides is 3. The molecule has 33 heteroatoms. The van der Waals surface area contributed by atoms with E-state index < -0.39 is 104 Å². The number of ether oxygens (including phenoxy) is 5. The Morgan fingerprint density at radius 2 is 1.62 bits per heavy atom. The van der Waals surface area contributed by atoms with Gasteiger partial charge in [-0.25, -0.2) is 23.9 Å². The Balaban J connectivity index is 0.000000385. The summed E-state index contributed by atoms with van der Waals surface area (Å²) >= 11 is 11.4. The number of carbonyl (C=O) groups is 5. The fraction of sp³-hybridized carbons (Fsp3) is 0.314. The van der Waals surface area contributed by atoms with Gasteiger partial charge in [0.15, 0.2) is 24.2 Å². The largest absolute Gasteiger partial charge is 0.481 e. The highest BCUT2D eigenvalue weighted by Crippen LogP contribution is 2.38. The number of nitrogens with two attached hydrogens (primary N) is 1. The first kappa shape index (κ1) is 57.3. The summed E-state index contributed by atoms with van der Waals surface area (Å²) in [6.07, 6.45) is -4.61. The summed E-state index contributed by atoms with van der Waals surface area (Å²) in [4.78, 5) is 83.5. The number of benzene rings is 2. The number of nitrogens with one attached hydrogen (secondary N) is 2. The maximum absolute atomic E-state index is 12.7. The maximum Gasteiger partial charge on any atom is 0.416 e. The molecule has 2 unspecified atom stereocenters. The minimum atomic E-state index is -4.64. The highest BCUT2D eigenvalue weighted by Gasteiger charge is 2.33. The van der Waals surface area contributed by atoms with E-state index in [2.05, 4.69) is 25.1 Å². The van der Waals surface area contributed by atoms with Crippen LogP contribution in [0.1, 0.15) is 39.6 Å². The van der Waals surface area contributed by atoms with E-state index in [1.54, 1.807) is 4.72 Å². The number of anilines is 1. The van der Waals surface area contributed by atoms with Gasteiger partial charge in [-0.2, -0.15) is 36.7 Å². The molecule has 0 saturated heterocycles. The van der Waals surface area contributed by atoms with Crippen molar-refractivity contribution in [3.63, 3.8) is 0 Å². The van der Waals surface area contributed by atoms with Gasteiger partial charge in [-0.05, 0) is 37.6 Å². The van der Waals surface area contributed by atoms with Crippen molar-refractivity contribution in [2.24, 2.45) is 12.8 Å². The quantitative estimate of drug-likeness (QED) is 0.0365. The van der Waals surface area contributed by atoms with Gasteiger partial charge in [0.2, 0.25) is 17.7 Å². The van der Waals surface area contributed by atoms with Crippen molar-refractivity contribution in [1.82, 2.24) is 24.5 Å². The number of aromatic nitrogens is 4. The lowest BCUT2D eigenvalue weighted by molar-refractivity contribution is -0.385. The molecule has 372 valence electrons. The number of carboxylic acid groups (broad SMARTS) is 2. The van der Waals surface area contributed by atoms with Crippen molar-refractivity contribution >= 4 is 82.1 Å². The normalized spacial score (nSPS) is 12.2. The fourth-order valence-electron chi connectivity index (χ4n) is 4.63. The lowest BCUT2D eigenvalue weighted by atomic mass is 10.1. The van der Waals surface area contributed by atoms with Gasteiger partial charge in [-0.15, -0.1) is 0 Å². The first-order valence-corrected chi connectivity index (χ1v) is 22.7. The van der Waals surface area contributed by atoms with Gasteiger partial charge in [-0.1, -0.05) is 23.2 Å². The van der Waals surface area contributed by atoms with Gasteiger partial charge < -0.3 is 44.5 Å². The maximum atomic E-state index is 12.7. The third kappa shape index (κ3) is 17.8. The molecule has 2 heterocycles. The van der Waals surface area contributed by atoms with E-state index in [0.29, 0.717) is 10.7 Å². The molecule has 0 aliphatic carbocycles. The predicted molar refractivity (Wildman–Crippen MR) is 227 cm³/mol. The molecule has 0 saturated carbocycles. The van der Waals surface area contributed by atoms with Gasteiger partial charge >= 0.3 is 36.1 Å². The first-order valence-electron chi connectivity index (χ1n) is 18.1. The summed E-state index contributed by atoms with van der Waals surface area (Å²) in [6.45, 7) is 2.01. The van der Waals surface area contributed by atoms with Crippen LogP contribution in [0.25, 0.3) is 0 Å². The number of hydrogen-bond acceptors (Lipinski definition) is 19. The van der Waals surface area contributed by atoms with Gasteiger partial charge in [0, 0.05) is 32.0 Å². The summed E-state index contributed by atoms with van der Waals surface area (Å²) < 4.78 is 100. The molecule has 0 aliphatic heterocycles. The molecule has 2 aromatic carbocycles. The van der Waals surface area contributed by atoms with Gasteiger partial charge in [0.25, 0.3) is 15.7 Å². The number of sulfonamides is 1. The number of amides is 2. The van der Waals surface area contributed by atoms with Crippen LogP contribution >= 0.6 is 30.6 Å². The molecule has 2 atom stereocenters. The topological polar surface area (TPSA) is 380 Å². The molecule has 26 nitrogen and oxygen atoms in total. The van der Waals surface area contributed by atoms with Crippen LogP contribution in [0.5, 0.6) is 23.3 Å². The number of methoxy groups -OCH3 is 2. The number of urea groups is 1. The molecule has 2 amide bonds. The second kappa shape index (κ2) is 24.8. The van der Waals surface area contributed by atoms with E-state index >= 15 is 0 Å². The number of nitro benzene ring substituents is 1. The number of esters is 2. The lowest BCUT2D eigenvalue weighted by Gasteiger charge is -2.12.